The highest BCUT2D eigenvalue weighted by Crippen LogP contribution is 2.24. The Labute approximate surface area is 174 Å². The summed E-state index contributed by atoms with van der Waals surface area (Å²) in [6, 6.07) is 13.1. The number of rotatable bonds is 4. The standard InChI is InChI=1S/C24H25N3O3/c1-15-7-8-18(16(2)13-15)23(29)17-9-11-27(12-10-17)22(28)14-21-19-5-3-4-6-20(19)24(30)26-25-21/h3-8,13,17H,9-12,14H2,1-2H3,(H,26,30). The lowest BCUT2D eigenvalue weighted by Crippen LogP contribution is -2.41. The van der Waals surface area contributed by atoms with Crippen molar-refractivity contribution in [2.24, 2.45) is 5.92 Å². The summed E-state index contributed by atoms with van der Waals surface area (Å²) in [5, 5.41) is 7.82. The van der Waals surface area contributed by atoms with Crippen molar-refractivity contribution in [1.82, 2.24) is 15.1 Å². The van der Waals surface area contributed by atoms with Crippen LogP contribution in [0.1, 0.15) is 40.0 Å². The summed E-state index contributed by atoms with van der Waals surface area (Å²) < 4.78 is 0. The highest BCUT2D eigenvalue weighted by molar-refractivity contribution is 5.99. The quantitative estimate of drug-likeness (QED) is 0.678. The second-order valence-electron chi connectivity index (χ2n) is 8.06. The SMILES string of the molecule is Cc1ccc(C(=O)C2CCN(C(=O)Cc3n[nH]c(=O)c4ccccc34)CC2)c(C)c1. The number of hydrogen-bond donors (Lipinski definition) is 1. The fourth-order valence-electron chi connectivity index (χ4n) is 4.26. The number of amides is 1. The minimum atomic E-state index is -0.257. The van der Waals surface area contributed by atoms with Crippen LogP contribution in [0.3, 0.4) is 0 Å². The van der Waals surface area contributed by atoms with Crippen LogP contribution in [0.15, 0.2) is 47.3 Å². The predicted molar refractivity (Wildman–Crippen MR) is 116 cm³/mol. The van der Waals surface area contributed by atoms with Crippen molar-refractivity contribution in [3.63, 3.8) is 0 Å². The third-order valence-electron chi connectivity index (χ3n) is 5.96. The zero-order valence-electron chi connectivity index (χ0n) is 17.3. The van der Waals surface area contributed by atoms with Crippen LogP contribution in [0, 0.1) is 19.8 Å². The normalized spacial score (nSPS) is 14.8. The van der Waals surface area contributed by atoms with Gasteiger partial charge in [0.05, 0.1) is 17.5 Å². The van der Waals surface area contributed by atoms with Crippen molar-refractivity contribution in [1.29, 1.82) is 0 Å². The van der Waals surface area contributed by atoms with Crippen molar-refractivity contribution in [2.75, 3.05) is 13.1 Å². The molecule has 0 unspecified atom stereocenters. The van der Waals surface area contributed by atoms with Gasteiger partial charge in [-0.25, -0.2) is 5.10 Å². The fourth-order valence-corrected chi connectivity index (χ4v) is 4.26. The number of likely N-dealkylation sites (tertiary alicyclic amines) is 1. The van der Waals surface area contributed by atoms with Gasteiger partial charge in [0.1, 0.15) is 0 Å². The lowest BCUT2D eigenvalue weighted by Gasteiger charge is -2.31. The van der Waals surface area contributed by atoms with Gasteiger partial charge in [-0.2, -0.15) is 5.10 Å². The highest BCUT2D eigenvalue weighted by Gasteiger charge is 2.29. The van der Waals surface area contributed by atoms with Gasteiger partial charge in [-0.3, -0.25) is 14.4 Å². The molecule has 0 bridgehead atoms. The van der Waals surface area contributed by atoms with Gasteiger partial charge in [-0.1, -0.05) is 42.0 Å². The summed E-state index contributed by atoms with van der Waals surface area (Å²) in [5.74, 6) is 0.0903. The molecule has 6 nitrogen and oxygen atoms in total. The molecule has 0 saturated carbocycles. The third kappa shape index (κ3) is 3.90. The van der Waals surface area contributed by atoms with E-state index >= 15 is 0 Å². The summed E-state index contributed by atoms with van der Waals surface area (Å²) in [5.41, 5.74) is 3.26. The van der Waals surface area contributed by atoms with E-state index < -0.39 is 0 Å². The smallest absolute Gasteiger partial charge is 0.272 e. The van der Waals surface area contributed by atoms with E-state index in [1.807, 2.05) is 44.2 Å². The largest absolute Gasteiger partial charge is 0.342 e. The van der Waals surface area contributed by atoms with Crippen molar-refractivity contribution >= 4 is 22.5 Å². The summed E-state index contributed by atoms with van der Waals surface area (Å²) in [4.78, 5) is 39.5. The first-order chi connectivity index (χ1) is 14.4. The number of Topliss-reactive ketones (excluding diaryl/α,β-unsaturated/α-hetero) is 1. The molecule has 1 saturated heterocycles. The lowest BCUT2D eigenvalue weighted by atomic mass is 9.87. The monoisotopic (exact) mass is 403 g/mol. The first kappa shape index (κ1) is 20.0. The first-order valence-electron chi connectivity index (χ1n) is 10.3. The zero-order valence-corrected chi connectivity index (χ0v) is 17.3. The maximum atomic E-state index is 12.9. The summed E-state index contributed by atoms with van der Waals surface area (Å²) in [6.45, 7) is 5.11. The number of ketones is 1. The Bertz CT molecular complexity index is 1170. The van der Waals surface area contributed by atoms with Gasteiger partial charge in [0.2, 0.25) is 5.91 Å². The third-order valence-corrected chi connectivity index (χ3v) is 5.96. The van der Waals surface area contributed by atoms with Gasteiger partial charge >= 0.3 is 0 Å². The topological polar surface area (TPSA) is 83.1 Å². The van der Waals surface area contributed by atoms with Crippen LogP contribution in [0.25, 0.3) is 10.8 Å². The van der Waals surface area contributed by atoms with Crippen LogP contribution in [-0.4, -0.2) is 39.9 Å². The van der Waals surface area contributed by atoms with Crippen molar-refractivity contribution in [3.8, 4) is 0 Å². The number of aromatic nitrogens is 2. The zero-order chi connectivity index (χ0) is 21.3. The van der Waals surface area contributed by atoms with Gasteiger partial charge < -0.3 is 4.90 Å². The maximum Gasteiger partial charge on any atom is 0.272 e. The lowest BCUT2D eigenvalue weighted by molar-refractivity contribution is -0.131. The minimum absolute atomic E-state index is 0.0304. The molecule has 30 heavy (non-hydrogen) atoms. The number of carbonyl (C=O) groups excluding carboxylic acids is 2. The molecule has 0 atom stereocenters. The minimum Gasteiger partial charge on any atom is -0.342 e. The van der Waals surface area contributed by atoms with Gasteiger partial charge in [-0.15, -0.1) is 0 Å². The van der Waals surface area contributed by atoms with E-state index in [1.165, 1.54) is 0 Å². The first-order valence-corrected chi connectivity index (χ1v) is 10.3. The van der Waals surface area contributed by atoms with Crippen molar-refractivity contribution < 1.29 is 9.59 Å². The Hall–Kier alpha value is -3.28. The molecule has 1 aliphatic rings. The van der Waals surface area contributed by atoms with Crippen LogP contribution in [0.4, 0.5) is 0 Å². The predicted octanol–water partition coefficient (Wildman–Crippen LogP) is 3.20. The van der Waals surface area contributed by atoms with E-state index in [4.69, 9.17) is 0 Å². The molecule has 4 rings (SSSR count). The van der Waals surface area contributed by atoms with Crippen molar-refractivity contribution in [2.45, 2.75) is 33.1 Å². The molecule has 1 fully saturated rings. The number of aryl methyl sites for hydroxylation is 2. The number of fused-ring (bicyclic) bond motifs is 1. The number of carbonyl (C=O) groups is 2. The molecule has 3 aromatic rings. The van der Waals surface area contributed by atoms with E-state index in [0.717, 1.165) is 16.7 Å². The molecule has 2 heterocycles. The average molecular weight is 403 g/mol. The Balaban J connectivity index is 1.42. The van der Waals surface area contributed by atoms with E-state index in [9.17, 15) is 14.4 Å². The second kappa shape index (κ2) is 8.22. The van der Waals surface area contributed by atoms with Crippen LogP contribution in [-0.2, 0) is 11.2 Å². The van der Waals surface area contributed by atoms with Crippen LogP contribution < -0.4 is 5.56 Å². The van der Waals surface area contributed by atoms with Crippen molar-refractivity contribution in [3.05, 3.63) is 75.2 Å². The summed E-state index contributed by atoms with van der Waals surface area (Å²) in [6.07, 6.45) is 1.46. The molecular weight excluding hydrogens is 378 g/mol. The molecule has 0 radical (unpaired) electrons. The molecular formula is C24H25N3O3. The number of piperidine rings is 1. The van der Waals surface area contributed by atoms with E-state index in [-0.39, 0.29) is 29.6 Å². The van der Waals surface area contributed by atoms with Gasteiger partial charge in [0.15, 0.2) is 5.78 Å². The van der Waals surface area contributed by atoms with E-state index in [1.54, 1.807) is 17.0 Å². The van der Waals surface area contributed by atoms with E-state index in [2.05, 4.69) is 10.2 Å². The molecule has 1 aliphatic heterocycles. The number of nitrogens with zero attached hydrogens (tertiary/aromatic N) is 2. The Morgan fingerprint density at radius 3 is 2.47 bits per heavy atom. The van der Waals surface area contributed by atoms with Gasteiger partial charge in [0.25, 0.3) is 5.56 Å². The fraction of sp³-hybridized carbons (Fsp3) is 0.333. The van der Waals surface area contributed by atoms with E-state index in [0.29, 0.717) is 42.4 Å². The number of H-pyrrole nitrogens is 1. The highest BCUT2D eigenvalue weighted by atomic mass is 16.2. The molecule has 1 aromatic heterocycles. The summed E-state index contributed by atoms with van der Waals surface area (Å²) in [7, 11) is 0. The molecule has 1 amide bonds. The molecule has 0 spiro atoms. The summed E-state index contributed by atoms with van der Waals surface area (Å²) >= 11 is 0. The maximum absolute atomic E-state index is 12.9. The molecule has 6 heteroatoms. The van der Waals surface area contributed by atoms with Crippen LogP contribution in [0.2, 0.25) is 0 Å². The Morgan fingerprint density at radius 2 is 1.77 bits per heavy atom. The van der Waals surface area contributed by atoms with Gasteiger partial charge in [-0.05, 0) is 38.3 Å². The Kier molecular flexibility index (Phi) is 5.48. The van der Waals surface area contributed by atoms with Crippen LogP contribution in [0.5, 0.6) is 0 Å². The number of nitrogens with one attached hydrogen (secondary N) is 1. The molecule has 0 aliphatic carbocycles. The number of benzene rings is 2. The number of aromatic amines is 1. The molecule has 154 valence electrons. The molecule has 2 aromatic carbocycles. The average Bonchev–Trinajstić information content (AvgIpc) is 2.75. The second-order valence-corrected chi connectivity index (χ2v) is 8.06. The molecule has 1 N–H and O–H groups in total. The van der Waals surface area contributed by atoms with Crippen LogP contribution >= 0.6 is 0 Å². The Morgan fingerprint density at radius 1 is 1.07 bits per heavy atom. The van der Waals surface area contributed by atoms with Gasteiger partial charge in [0, 0.05) is 30.0 Å². The number of hydrogen-bond acceptors (Lipinski definition) is 4.